The molecule has 0 atom stereocenters. The maximum absolute atomic E-state index is 10.6. The average Bonchev–Trinajstić information content (AvgIpc) is 2.46. The lowest BCUT2D eigenvalue weighted by molar-refractivity contribution is 0.532. The number of aryl methyl sites for hydroxylation is 1. The van der Waals surface area contributed by atoms with Crippen LogP contribution in [0.25, 0.3) is 0 Å². The van der Waals surface area contributed by atoms with Gasteiger partial charge in [0, 0.05) is 0 Å². The highest BCUT2D eigenvalue weighted by Gasteiger charge is 2.13. The van der Waals surface area contributed by atoms with Gasteiger partial charge in [-0.2, -0.15) is 4.68 Å². The third-order valence-electron chi connectivity index (χ3n) is 2.55. The van der Waals surface area contributed by atoms with Gasteiger partial charge in [0.1, 0.15) is 0 Å². The highest BCUT2D eigenvalue weighted by atomic mass is 16.1. The van der Waals surface area contributed by atoms with Crippen molar-refractivity contribution in [2.24, 2.45) is 0 Å². The molecule has 2 rings (SSSR count). The fourth-order valence-corrected chi connectivity index (χ4v) is 1.82. The van der Waals surface area contributed by atoms with Crippen molar-refractivity contribution < 1.29 is 4.79 Å². The Labute approximate surface area is 76.9 Å². The molecule has 0 amide bonds. The second-order valence-corrected chi connectivity index (χ2v) is 3.45. The molecule has 1 aliphatic rings. The SMILES string of the molecule is O=Cn1nnc2c1CCCCCC2. The van der Waals surface area contributed by atoms with E-state index in [0.29, 0.717) is 0 Å². The third-order valence-corrected chi connectivity index (χ3v) is 2.55. The maximum Gasteiger partial charge on any atom is 0.235 e. The van der Waals surface area contributed by atoms with Gasteiger partial charge in [0.2, 0.25) is 6.41 Å². The standard InChI is InChI=1S/C9H13N3O/c13-7-12-9-6-4-2-1-3-5-8(9)10-11-12/h7H,1-6H2. The minimum absolute atomic E-state index is 0.743. The Kier molecular flexibility index (Phi) is 2.38. The highest BCUT2D eigenvalue weighted by molar-refractivity contribution is 5.52. The Hall–Kier alpha value is -1.19. The smallest absolute Gasteiger partial charge is 0.235 e. The first kappa shape index (κ1) is 8.41. The Bertz CT molecular complexity index is 306. The lowest BCUT2D eigenvalue weighted by Gasteiger charge is -2.07. The number of aromatic nitrogens is 3. The van der Waals surface area contributed by atoms with Crippen LogP contribution in [-0.2, 0) is 17.6 Å². The molecule has 1 aromatic rings. The van der Waals surface area contributed by atoms with Crippen LogP contribution in [0.4, 0.5) is 0 Å². The molecule has 0 spiro atoms. The first-order valence-corrected chi connectivity index (χ1v) is 4.80. The molecule has 0 aliphatic heterocycles. The number of hydrogen-bond acceptors (Lipinski definition) is 3. The summed E-state index contributed by atoms with van der Waals surface area (Å²) in [6.45, 7) is 0. The molecule has 70 valence electrons. The highest BCUT2D eigenvalue weighted by Crippen LogP contribution is 2.16. The van der Waals surface area contributed by atoms with E-state index in [0.717, 1.165) is 37.1 Å². The van der Waals surface area contributed by atoms with E-state index in [9.17, 15) is 4.79 Å². The fourth-order valence-electron chi connectivity index (χ4n) is 1.82. The van der Waals surface area contributed by atoms with E-state index in [4.69, 9.17) is 0 Å². The predicted molar refractivity (Wildman–Crippen MR) is 48.0 cm³/mol. The molecule has 0 N–H and O–H groups in total. The first-order valence-electron chi connectivity index (χ1n) is 4.80. The number of hydrogen-bond donors (Lipinski definition) is 0. The third kappa shape index (κ3) is 1.61. The van der Waals surface area contributed by atoms with Crippen molar-refractivity contribution >= 4 is 6.41 Å². The van der Waals surface area contributed by atoms with E-state index in [1.165, 1.54) is 23.9 Å². The van der Waals surface area contributed by atoms with Crippen LogP contribution in [0.3, 0.4) is 0 Å². The van der Waals surface area contributed by atoms with E-state index in [-0.39, 0.29) is 0 Å². The van der Waals surface area contributed by atoms with Crippen LogP contribution in [0.2, 0.25) is 0 Å². The summed E-state index contributed by atoms with van der Waals surface area (Å²) in [6, 6.07) is 0. The molecule has 4 heteroatoms. The summed E-state index contributed by atoms with van der Waals surface area (Å²) in [7, 11) is 0. The molecule has 1 heterocycles. The summed E-state index contributed by atoms with van der Waals surface area (Å²) in [5, 5.41) is 7.81. The van der Waals surface area contributed by atoms with Crippen molar-refractivity contribution in [2.45, 2.75) is 38.5 Å². The molecule has 0 aromatic carbocycles. The minimum atomic E-state index is 0.743. The molecule has 1 aromatic heterocycles. The molecule has 0 radical (unpaired) electrons. The molecule has 1 aliphatic carbocycles. The van der Waals surface area contributed by atoms with Crippen molar-refractivity contribution in [3.63, 3.8) is 0 Å². The summed E-state index contributed by atoms with van der Waals surface area (Å²) < 4.78 is 1.38. The molecule has 0 saturated carbocycles. The monoisotopic (exact) mass is 179 g/mol. The van der Waals surface area contributed by atoms with E-state index < -0.39 is 0 Å². The number of carbonyl (C=O) groups is 1. The molecule has 13 heavy (non-hydrogen) atoms. The van der Waals surface area contributed by atoms with Crippen molar-refractivity contribution in [1.82, 2.24) is 15.0 Å². The van der Waals surface area contributed by atoms with Crippen molar-refractivity contribution in [2.75, 3.05) is 0 Å². The van der Waals surface area contributed by atoms with Crippen LogP contribution < -0.4 is 0 Å². The Morgan fingerprint density at radius 1 is 1.15 bits per heavy atom. The van der Waals surface area contributed by atoms with E-state index in [1.54, 1.807) is 0 Å². The van der Waals surface area contributed by atoms with Crippen molar-refractivity contribution in [3.05, 3.63) is 11.4 Å². The largest absolute Gasteiger partial charge is 0.276 e. The second-order valence-electron chi connectivity index (χ2n) is 3.45. The summed E-state index contributed by atoms with van der Waals surface area (Å²) >= 11 is 0. The zero-order chi connectivity index (χ0) is 9.10. The van der Waals surface area contributed by atoms with Crippen LogP contribution in [0, 0.1) is 0 Å². The van der Waals surface area contributed by atoms with Gasteiger partial charge in [-0.15, -0.1) is 5.10 Å². The molecular weight excluding hydrogens is 166 g/mol. The van der Waals surface area contributed by atoms with Gasteiger partial charge >= 0.3 is 0 Å². The van der Waals surface area contributed by atoms with E-state index >= 15 is 0 Å². The predicted octanol–water partition coefficient (Wildman–Crippen LogP) is 0.975. The fraction of sp³-hybridized carbons (Fsp3) is 0.667. The first-order chi connectivity index (χ1) is 6.42. The zero-order valence-corrected chi connectivity index (χ0v) is 7.57. The zero-order valence-electron chi connectivity index (χ0n) is 7.57. The molecular formula is C9H13N3O. The van der Waals surface area contributed by atoms with Crippen molar-refractivity contribution in [3.8, 4) is 0 Å². The van der Waals surface area contributed by atoms with Gasteiger partial charge in [0.25, 0.3) is 0 Å². The van der Waals surface area contributed by atoms with Gasteiger partial charge in [-0.05, 0) is 25.7 Å². The summed E-state index contributed by atoms with van der Waals surface area (Å²) in [6.07, 6.45) is 7.51. The maximum atomic E-state index is 10.6. The van der Waals surface area contributed by atoms with Gasteiger partial charge in [-0.25, -0.2) is 0 Å². The lowest BCUT2D eigenvalue weighted by Crippen LogP contribution is -2.06. The second kappa shape index (κ2) is 3.68. The average molecular weight is 179 g/mol. The molecule has 0 fully saturated rings. The van der Waals surface area contributed by atoms with Gasteiger partial charge in [-0.3, -0.25) is 4.79 Å². The summed E-state index contributed by atoms with van der Waals surface area (Å²) in [5.74, 6) is 0. The van der Waals surface area contributed by atoms with Crippen molar-refractivity contribution in [1.29, 1.82) is 0 Å². The van der Waals surface area contributed by atoms with Crippen LogP contribution in [0.1, 0.15) is 37.1 Å². The van der Waals surface area contributed by atoms with Gasteiger partial charge in [0.05, 0.1) is 11.4 Å². The summed E-state index contributed by atoms with van der Waals surface area (Å²) in [4.78, 5) is 10.6. The van der Waals surface area contributed by atoms with Crippen LogP contribution in [0.15, 0.2) is 0 Å². The Morgan fingerprint density at radius 2 is 1.92 bits per heavy atom. The number of rotatable bonds is 1. The molecule has 4 nitrogen and oxygen atoms in total. The number of fused-ring (bicyclic) bond motifs is 1. The normalized spacial score (nSPS) is 17.2. The van der Waals surface area contributed by atoms with Gasteiger partial charge < -0.3 is 0 Å². The lowest BCUT2D eigenvalue weighted by atomic mass is 10.0. The van der Waals surface area contributed by atoms with Crippen LogP contribution in [0.5, 0.6) is 0 Å². The van der Waals surface area contributed by atoms with Gasteiger partial charge in [0.15, 0.2) is 0 Å². The molecule has 0 unspecified atom stereocenters. The van der Waals surface area contributed by atoms with E-state index in [2.05, 4.69) is 10.3 Å². The quantitative estimate of drug-likeness (QED) is 0.604. The van der Waals surface area contributed by atoms with Crippen LogP contribution in [-0.4, -0.2) is 21.4 Å². The summed E-state index contributed by atoms with van der Waals surface area (Å²) in [5.41, 5.74) is 2.04. The Morgan fingerprint density at radius 3 is 2.69 bits per heavy atom. The molecule has 0 saturated heterocycles. The molecule has 0 bridgehead atoms. The van der Waals surface area contributed by atoms with Gasteiger partial charge in [-0.1, -0.05) is 18.1 Å². The Balaban J connectivity index is 2.30. The van der Waals surface area contributed by atoms with E-state index in [1.807, 2.05) is 0 Å². The minimum Gasteiger partial charge on any atom is -0.276 e. The number of carbonyl (C=O) groups excluding carboxylic acids is 1. The van der Waals surface area contributed by atoms with Crippen LogP contribution >= 0.6 is 0 Å². The topological polar surface area (TPSA) is 47.8 Å². The number of nitrogens with zero attached hydrogens (tertiary/aromatic N) is 3.